The summed E-state index contributed by atoms with van der Waals surface area (Å²) in [5, 5.41) is 0. The van der Waals surface area contributed by atoms with Crippen LogP contribution in [0.25, 0.3) is 6.08 Å². The molecule has 1 heteroatoms. The number of allylic oxidation sites excluding steroid dienone is 1. The Bertz CT molecular complexity index is 443. The number of carbonyl (C=O) groups excluding carboxylic acids is 1. The lowest BCUT2D eigenvalue weighted by Gasteiger charge is -2.02. The zero-order valence-corrected chi connectivity index (χ0v) is 10.7. The molecule has 1 atom stereocenters. The lowest BCUT2D eigenvalue weighted by Crippen LogP contribution is -2.04. The van der Waals surface area contributed by atoms with E-state index in [-0.39, 0.29) is 5.92 Å². The van der Waals surface area contributed by atoms with E-state index >= 15 is 0 Å². The monoisotopic (exact) mass is 228 g/mol. The topological polar surface area (TPSA) is 17.1 Å². The molecule has 1 aliphatic rings. The van der Waals surface area contributed by atoms with Crippen LogP contribution in [0.4, 0.5) is 0 Å². The SMILES string of the molecule is CCCCC=Cc1cccc2c1C(=O)C(C)C2. The van der Waals surface area contributed by atoms with Gasteiger partial charge in [-0.15, -0.1) is 0 Å². The van der Waals surface area contributed by atoms with Crippen molar-refractivity contribution in [3.8, 4) is 0 Å². The van der Waals surface area contributed by atoms with Gasteiger partial charge in [-0.2, -0.15) is 0 Å². The van der Waals surface area contributed by atoms with Gasteiger partial charge in [0.2, 0.25) is 0 Å². The van der Waals surface area contributed by atoms with Crippen LogP contribution < -0.4 is 0 Å². The number of unbranched alkanes of at least 4 members (excludes halogenated alkanes) is 2. The number of ketones is 1. The Labute approximate surface area is 104 Å². The quantitative estimate of drug-likeness (QED) is 0.703. The summed E-state index contributed by atoms with van der Waals surface area (Å²) >= 11 is 0. The molecule has 0 amide bonds. The standard InChI is InChI=1S/C16H20O/c1-3-4-5-6-8-13-9-7-10-14-11-12(2)16(17)15(13)14/h6-10,12H,3-5,11H2,1-2H3. The molecule has 0 saturated carbocycles. The summed E-state index contributed by atoms with van der Waals surface area (Å²) in [5.41, 5.74) is 3.29. The van der Waals surface area contributed by atoms with E-state index in [0.29, 0.717) is 5.78 Å². The summed E-state index contributed by atoms with van der Waals surface area (Å²) in [4.78, 5) is 12.1. The van der Waals surface area contributed by atoms with Crippen LogP contribution in [0.3, 0.4) is 0 Å². The number of benzene rings is 1. The first-order chi connectivity index (χ1) is 8.24. The van der Waals surface area contributed by atoms with E-state index < -0.39 is 0 Å². The van der Waals surface area contributed by atoms with Gasteiger partial charge < -0.3 is 0 Å². The molecule has 90 valence electrons. The number of Topliss-reactive ketones (excluding diaryl/α,β-unsaturated/α-hetero) is 1. The molecule has 1 unspecified atom stereocenters. The fraction of sp³-hybridized carbons (Fsp3) is 0.438. The molecule has 1 aliphatic carbocycles. The fourth-order valence-corrected chi connectivity index (χ4v) is 2.43. The van der Waals surface area contributed by atoms with Crippen molar-refractivity contribution < 1.29 is 4.79 Å². The van der Waals surface area contributed by atoms with Gasteiger partial charge in [0.25, 0.3) is 0 Å². The summed E-state index contributed by atoms with van der Waals surface area (Å²) in [6.45, 7) is 4.21. The van der Waals surface area contributed by atoms with Gasteiger partial charge in [0, 0.05) is 11.5 Å². The van der Waals surface area contributed by atoms with Gasteiger partial charge in [-0.3, -0.25) is 4.79 Å². The van der Waals surface area contributed by atoms with Crippen molar-refractivity contribution in [2.24, 2.45) is 5.92 Å². The predicted octanol–water partition coefficient (Wildman–Crippen LogP) is 4.26. The lowest BCUT2D eigenvalue weighted by atomic mass is 10.0. The summed E-state index contributed by atoms with van der Waals surface area (Å²) in [5.74, 6) is 0.478. The highest BCUT2D eigenvalue weighted by molar-refractivity contribution is 6.04. The molecule has 0 aliphatic heterocycles. The second-order valence-corrected chi connectivity index (χ2v) is 4.90. The minimum absolute atomic E-state index is 0.162. The normalized spacial score (nSPS) is 18.9. The Balaban J connectivity index is 2.23. The Morgan fingerprint density at radius 2 is 2.24 bits per heavy atom. The molecule has 0 heterocycles. The smallest absolute Gasteiger partial charge is 0.166 e. The van der Waals surface area contributed by atoms with Crippen LogP contribution >= 0.6 is 0 Å². The van der Waals surface area contributed by atoms with Gasteiger partial charge in [-0.05, 0) is 24.0 Å². The van der Waals surface area contributed by atoms with Crippen LogP contribution in [0.2, 0.25) is 0 Å². The van der Waals surface area contributed by atoms with Crippen LogP contribution in [0, 0.1) is 5.92 Å². The predicted molar refractivity (Wildman–Crippen MR) is 72.2 cm³/mol. The number of rotatable bonds is 4. The third-order valence-corrected chi connectivity index (χ3v) is 3.42. The number of hydrogen-bond donors (Lipinski definition) is 0. The molecule has 1 aromatic carbocycles. The maximum Gasteiger partial charge on any atom is 0.166 e. The van der Waals surface area contributed by atoms with E-state index in [1.54, 1.807) is 0 Å². The van der Waals surface area contributed by atoms with Crippen molar-refractivity contribution in [3.05, 3.63) is 41.0 Å². The molecule has 0 N–H and O–H groups in total. The first-order valence-electron chi connectivity index (χ1n) is 6.56. The van der Waals surface area contributed by atoms with Crippen LogP contribution in [0.5, 0.6) is 0 Å². The van der Waals surface area contributed by atoms with E-state index in [9.17, 15) is 4.79 Å². The molecular formula is C16H20O. The Morgan fingerprint density at radius 3 is 3.00 bits per heavy atom. The zero-order chi connectivity index (χ0) is 12.3. The van der Waals surface area contributed by atoms with Crippen molar-refractivity contribution in [3.63, 3.8) is 0 Å². The fourth-order valence-electron chi connectivity index (χ4n) is 2.43. The third-order valence-electron chi connectivity index (χ3n) is 3.42. The average Bonchev–Trinajstić information content (AvgIpc) is 2.62. The highest BCUT2D eigenvalue weighted by atomic mass is 16.1. The zero-order valence-electron chi connectivity index (χ0n) is 10.7. The van der Waals surface area contributed by atoms with Crippen molar-refractivity contribution in [1.82, 2.24) is 0 Å². The molecule has 0 spiro atoms. The number of hydrogen-bond acceptors (Lipinski definition) is 1. The molecule has 2 rings (SSSR count). The molecule has 17 heavy (non-hydrogen) atoms. The van der Waals surface area contributed by atoms with E-state index in [0.717, 1.165) is 24.0 Å². The Kier molecular flexibility index (Phi) is 3.78. The second kappa shape index (κ2) is 5.31. The van der Waals surface area contributed by atoms with Crippen LogP contribution in [-0.4, -0.2) is 5.78 Å². The van der Waals surface area contributed by atoms with Gasteiger partial charge in [0.15, 0.2) is 5.78 Å². The van der Waals surface area contributed by atoms with Crippen LogP contribution in [0.15, 0.2) is 24.3 Å². The van der Waals surface area contributed by atoms with Gasteiger partial charge in [-0.25, -0.2) is 0 Å². The first kappa shape index (κ1) is 12.1. The van der Waals surface area contributed by atoms with E-state index in [4.69, 9.17) is 0 Å². The maximum atomic E-state index is 12.1. The number of fused-ring (bicyclic) bond motifs is 1. The lowest BCUT2D eigenvalue weighted by molar-refractivity contribution is 0.0946. The molecule has 1 nitrogen and oxygen atoms in total. The molecule has 0 saturated heterocycles. The molecule has 0 radical (unpaired) electrons. The van der Waals surface area contributed by atoms with Crippen LogP contribution in [0.1, 0.15) is 54.6 Å². The van der Waals surface area contributed by atoms with E-state index in [1.807, 2.05) is 6.92 Å². The minimum Gasteiger partial charge on any atom is -0.294 e. The summed E-state index contributed by atoms with van der Waals surface area (Å²) in [6, 6.07) is 6.20. The van der Waals surface area contributed by atoms with Crippen molar-refractivity contribution in [2.75, 3.05) is 0 Å². The van der Waals surface area contributed by atoms with Crippen LogP contribution in [-0.2, 0) is 6.42 Å². The Hall–Kier alpha value is -1.37. The van der Waals surface area contributed by atoms with Crippen molar-refractivity contribution >= 4 is 11.9 Å². The van der Waals surface area contributed by atoms with E-state index in [2.05, 4.69) is 37.3 Å². The summed E-state index contributed by atoms with van der Waals surface area (Å²) < 4.78 is 0. The molecule has 0 aromatic heterocycles. The largest absolute Gasteiger partial charge is 0.294 e. The van der Waals surface area contributed by atoms with Gasteiger partial charge in [0.05, 0.1) is 0 Å². The van der Waals surface area contributed by atoms with Gasteiger partial charge in [0.1, 0.15) is 0 Å². The minimum atomic E-state index is 0.162. The molecule has 0 bridgehead atoms. The molecule has 1 aromatic rings. The third kappa shape index (κ3) is 2.49. The average molecular weight is 228 g/mol. The number of carbonyl (C=O) groups is 1. The van der Waals surface area contributed by atoms with Gasteiger partial charge in [-0.1, -0.05) is 57.0 Å². The summed E-state index contributed by atoms with van der Waals surface area (Å²) in [6.07, 6.45) is 8.75. The Morgan fingerprint density at radius 1 is 1.41 bits per heavy atom. The summed E-state index contributed by atoms with van der Waals surface area (Å²) in [7, 11) is 0. The second-order valence-electron chi connectivity index (χ2n) is 4.90. The highest BCUT2D eigenvalue weighted by Crippen LogP contribution is 2.29. The maximum absolute atomic E-state index is 12.1. The molecular weight excluding hydrogens is 208 g/mol. The highest BCUT2D eigenvalue weighted by Gasteiger charge is 2.28. The first-order valence-corrected chi connectivity index (χ1v) is 6.56. The van der Waals surface area contributed by atoms with Crippen molar-refractivity contribution in [2.45, 2.75) is 39.5 Å². The molecule has 0 fully saturated rings. The van der Waals surface area contributed by atoms with E-state index in [1.165, 1.54) is 18.4 Å². The van der Waals surface area contributed by atoms with Crippen molar-refractivity contribution in [1.29, 1.82) is 0 Å². The van der Waals surface area contributed by atoms with Gasteiger partial charge >= 0.3 is 0 Å².